The Morgan fingerprint density at radius 2 is 1.45 bits per heavy atom. The SMILES string of the molecule is CC(=O)O[C@H]1C(=O)[C@@]2(C)[C@H]([C@H](OC(=O)c3ccccc3)[C@@]3(N)CC1=C(C)[C@@H](OC(=O)[C@H](OC(=O)N(C)CCN(C)C(=O)OC(C)c1ccc([N+](=O)[O-])c(Oc4ccc5ncccc5c4)c1)C(NC(=O)c1ccccc1)c1ccccc1)C3)[C@]1(OC(C)=O)CO[C@@H]1C[C@@H]2O. The van der Waals surface area contributed by atoms with E-state index in [-0.39, 0.29) is 71.8 Å². The number of amides is 3. The van der Waals surface area contributed by atoms with Gasteiger partial charge in [-0.15, -0.1) is 0 Å². The molecule has 4 N–H and O–H groups in total. The number of aromatic nitrogens is 1. The van der Waals surface area contributed by atoms with Crippen molar-refractivity contribution >= 4 is 64.3 Å². The summed E-state index contributed by atoms with van der Waals surface area (Å²) in [7, 11) is 2.73. The predicted octanol–water partition coefficient (Wildman–Crippen LogP) is 8.22. The maximum Gasteiger partial charge on any atom is 0.410 e. The molecule has 3 aliphatic carbocycles. The Morgan fingerprint density at radius 1 is 0.806 bits per heavy atom. The Labute approximate surface area is 534 Å². The van der Waals surface area contributed by atoms with Crippen LogP contribution in [0, 0.1) is 21.4 Å². The highest BCUT2D eigenvalue weighted by molar-refractivity contribution is 5.96. The number of nitrogens with zero attached hydrogens (tertiary/aromatic N) is 4. The van der Waals surface area contributed by atoms with E-state index >= 15 is 9.59 Å². The summed E-state index contributed by atoms with van der Waals surface area (Å²) in [4.78, 5) is 133. The maximum atomic E-state index is 15.7. The fraction of sp³-hybridized carbons (Fsp3) is 0.368. The van der Waals surface area contributed by atoms with Gasteiger partial charge in [0.2, 0.25) is 11.9 Å². The van der Waals surface area contributed by atoms with Crippen LogP contribution in [0.5, 0.6) is 11.5 Å². The molecule has 93 heavy (non-hydrogen) atoms. The summed E-state index contributed by atoms with van der Waals surface area (Å²) in [5, 5.41) is 27.9. The Balaban J connectivity index is 0.949. The summed E-state index contributed by atoms with van der Waals surface area (Å²) in [6, 6.07) is 35.1. The van der Waals surface area contributed by atoms with Gasteiger partial charge < -0.3 is 63.9 Å². The average molecular weight is 1280 g/mol. The molecule has 5 aromatic carbocycles. The minimum absolute atomic E-state index is 0.0341. The summed E-state index contributed by atoms with van der Waals surface area (Å²) >= 11 is 0. The monoisotopic (exact) mass is 1270 g/mol. The maximum absolute atomic E-state index is 15.7. The highest BCUT2D eigenvalue weighted by atomic mass is 16.6. The van der Waals surface area contributed by atoms with E-state index in [0.717, 1.165) is 29.0 Å². The lowest BCUT2D eigenvalue weighted by Gasteiger charge is -2.65. The van der Waals surface area contributed by atoms with Crippen molar-refractivity contribution in [3.63, 3.8) is 0 Å². The van der Waals surface area contributed by atoms with Crippen LogP contribution in [0.1, 0.15) is 97.9 Å². The number of Topliss-reactive ketones (excluding diaryl/α,β-unsaturated/α-hetero) is 1. The number of carbonyl (C=O) groups excluding carboxylic acids is 8. The zero-order chi connectivity index (χ0) is 66.7. The number of fused-ring (bicyclic) bond motifs is 6. The minimum Gasteiger partial charge on any atom is -0.456 e. The Bertz CT molecular complexity index is 3910. The van der Waals surface area contributed by atoms with Crippen LogP contribution < -0.4 is 15.8 Å². The topological polar surface area (TPSA) is 331 Å². The quantitative estimate of drug-likeness (QED) is 0.0226. The van der Waals surface area contributed by atoms with E-state index in [9.17, 15) is 44.0 Å². The smallest absolute Gasteiger partial charge is 0.410 e. The number of nitro benzene ring substituents is 1. The number of hydrogen-bond donors (Lipinski definition) is 3. The molecule has 3 amide bonds. The van der Waals surface area contributed by atoms with Crippen molar-refractivity contribution in [2.24, 2.45) is 17.1 Å². The van der Waals surface area contributed by atoms with E-state index in [2.05, 4.69) is 10.3 Å². The molecule has 10 rings (SSSR count). The number of aliphatic hydroxyl groups excluding tert-OH is 1. The highest BCUT2D eigenvalue weighted by Crippen LogP contribution is 2.61. The molecule has 486 valence electrons. The van der Waals surface area contributed by atoms with Gasteiger partial charge in [0.15, 0.2) is 17.5 Å². The highest BCUT2D eigenvalue weighted by Gasteiger charge is 2.76. The lowest BCUT2D eigenvalue weighted by Crippen LogP contribution is -2.81. The zero-order valence-electron chi connectivity index (χ0n) is 52.0. The second-order valence-corrected chi connectivity index (χ2v) is 24.0. The lowest BCUT2D eigenvalue weighted by molar-refractivity contribution is -0.385. The molecule has 3 fully saturated rings. The van der Waals surface area contributed by atoms with Gasteiger partial charge in [-0.05, 0) is 110 Å². The number of carbonyl (C=O) groups is 8. The van der Waals surface area contributed by atoms with Gasteiger partial charge in [-0.1, -0.05) is 72.8 Å². The number of aliphatic hydroxyl groups is 1. The molecule has 0 radical (unpaired) electrons. The Morgan fingerprint density at radius 3 is 2.08 bits per heavy atom. The summed E-state index contributed by atoms with van der Waals surface area (Å²) in [6.45, 7) is 5.97. The summed E-state index contributed by atoms with van der Waals surface area (Å²) in [5.41, 5.74) is 3.30. The normalized spacial score (nSPS) is 24.6. The van der Waals surface area contributed by atoms with Crippen molar-refractivity contribution in [3.8, 4) is 11.5 Å². The van der Waals surface area contributed by atoms with Crippen LogP contribution in [0.4, 0.5) is 15.3 Å². The Hall–Kier alpha value is -10.1. The van der Waals surface area contributed by atoms with Crippen LogP contribution >= 0.6 is 0 Å². The van der Waals surface area contributed by atoms with E-state index in [1.807, 2.05) is 6.07 Å². The average Bonchev–Trinajstić information content (AvgIpc) is 0.680. The molecule has 2 saturated carbocycles. The number of nitrogens with two attached hydrogens (primary N) is 1. The van der Waals surface area contributed by atoms with Crippen LogP contribution in [0.3, 0.4) is 0 Å². The summed E-state index contributed by atoms with van der Waals surface area (Å²) < 4.78 is 48.9. The molecule has 25 heteroatoms. The van der Waals surface area contributed by atoms with Crippen LogP contribution in [0.2, 0.25) is 0 Å². The van der Waals surface area contributed by atoms with Crippen LogP contribution in [-0.4, -0.2) is 154 Å². The van der Waals surface area contributed by atoms with E-state index in [1.165, 1.54) is 70.4 Å². The first-order valence-electron chi connectivity index (χ1n) is 30.0. The van der Waals surface area contributed by atoms with Gasteiger partial charge in [-0.3, -0.25) is 34.3 Å². The minimum atomic E-state index is -2.06. The van der Waals surface area contributed by atoms with E-state index < -0.39 is 130 Å². The fourth-order valence-electron chi connectivity index (χ4n) is 12.8. The van der Waals surface area contributed by atoms with Gasteiger partial charge >= 0.3 is 41.8 Å². The number of hydrogen-bond acceptors (Lipinski definition) is 21. The van der Waals surface area contributed by atoms with Gasteiger partial charge in [0.25, 0.3) is 5.91 Å². The number of nitrogens with one attached hydrogen (secondary N) is 1. The fourth-order valence-corrected chi connectivity index (χ4v) is 12.8. The number of benzene rings is 5. The molecular formula is C68H70N6O19. The predicted molar refractivity (Wildman–Crippen MR) is 330 cm³/mol. The first kappa shape index (κ1) is 65.8. The van der Waals surface area contributed by atoms with Crippen LogP contribution in [-0.2, 0) is 52.3 Å². The third-order valence-electron chi connectivity index (χ3n) is 17.9. The first-order valence-corrected chi connectivity index (χ1v) is 30.0. The number of rotatable bonds is 19. The summed E-state index contributed by atoms with van der Waals surface area (Å²) in [5.74, 6) is -6.77. The van der Waals surface area contributed by atoms with Gasteiger partial charge in [0, 0.05) is 77.1 Å². The second-order valence-electron chi connectivity index (χ2n) is 24.0. The molecule has 1 aromatic heterocycles. The molecule has 1 saturated heterocycles. The number of ether oxygens (including phenoxy) is 8. The van der Waals surface area contributed by atoms with E-state index in [4.69, 9.17) is 43.6 Å². The number of ketones is 1. The van der Waals surface area contributed by atoms with Crippen LogP contribution in [0.15, 0.2) is 157 Å². The van der Waals surface area contributed by atoms with Crippen LogP contribution in [0.25, 0.3) is 10.9 Å². The largest absolute Gasteiger partial charge is 0.456 e. The number of nitro groups is 1. The molecule has 2 unspecified atom stereocenters. The molecule has 25 nitrogen and oxygen atoms in total. The third kappa shape index (κ3) is 13.5. The van der Waals surface area contributed by atoms with Gasteiger partial charge in [-0.25, -0.2) is 19.2 Å². The molecular weight excluding hydrogens is 1200 g/mol. The first-order chi connectivity index (χ1) is 44.3. The van der Waals surface area contributed by atoms with Crippen molar-refractivity contribution in [3.05, 3.63) is 189 Å². The molecule has 2 heterocycles. The van der Waals surface area contributed by atoms with Crippen molar-refractivity contribution in [2.75, 3.05) is 33.8 Å². The van der Waals surface area contributed by atoms with Crippen molar-refractivity contribution < 1.29 is 86.3 Å². The van der Waals surface area contributed by atoms with Crippen molar-refractivity contribution in [1.82, 2.24) is 20.1 Å². The standard InChI is InChI=1S/C68H70N6O19/c1-38-48-35-67(69,60(92-62(80)44-22-15-10-16-23-44)58-66(5,59(78)56(48)88-40(3)75)53(77)34-54-68(58,37-86-54)93-41(4)76)36-52(38)90-63(81)57(55(42-18-11-8-12-19-42)71-61(79)43-20-13-9-14-21-43)91-65(83)73(7)31-30-72(6)64(82)87-39(2)45-25-28-50(74(84)85)51(33-45)89-47-26-27-49-46(32-47)24-17-29-70-49/h8-29,32-33,39,52-58,60,77H,30-31,34-37,69H2,1-7H3,(H,71,79)/t39?,52-,53-,54+,55?,56+,57+,58-,60-,66+,67+,68-/m0/s1. The van der Waals surface area contributed by atoms with Gasteiger partial charge in [-0.2, -0.15) is 0 Å². The van der Waals surface area contributed by atoms with E-state index in [1.54, 1.807) is 104 Å². The lowest BCUT2D eigenvalue weighted by atomic mass is 9.48. The number of likely N-dealkylation sites (N-methyl/N-ethyl adjacent to an activating group) is 2. The third-order valence-corrected chi connectivity index (χ3v) is 17.9. The number of pyridine rings is 1. The molecule has 2 bridgehead atoms. The van der Waals surface area contributed by atoms with Gasteiger partial charge in [0.1, 0.15) is 36.2 Å². The molecule has 4 aliphatic rings. The molecule has 12 atom stereocenters. The van der Waals surface area contributed by atoms with Gasteiger partial charge in [0.05, 0.1) is 45.6 Å². The zero-order valence-corrected chi connectivity index (χ0v) is 52.0. The molecule has 0 spiro atoms. The Kier molecular flexibility index (Phi) is 19.1. The second kappa shape index (κ2) is 27.0. The van der Waals surface area contributed by atoms with E-state index in [0.29, 0.717) is 16.8 Å². The van der Waals surface area contributed by atoms with Crippen molar-refractivity contribution in [1.29, 1.82) is 0 Å². The molecule has 6 aromatic rings. The van der Waals surface area contributed by atoms with Crippen molar-refractivity contribution in [2.45, 2.75) is 114 Å². The number of esters is 4. The summed E-state index contributed by atoms with van der Waals surface area (Å²) in [6.07, 6.45) is -12.0. The molecule has 1 aliphatic heterocycles.